The van der Waals surface area contributed by atoms with Crippen LogP contribution in [0.4, 0.5) is 0 Å². The summed E-state index contributed by atoms with van der Waals surface area (Å²) < 4.78 is 5.44. The zero-order chi connectivity index (χ0) is 11.3. The normalized spacial score (nSPS) is 23.1. The summed E-state index contributed by atoms with van der Waals surface area (Å²) in [5, 5.41) is 4.51. The van der Waals surface area contributed by atoms with E-state index in [0.29, 0.717) is 12.7 Å². The highest BCUT2D eigenvalue weighted by Gasteiger charge is 2.23. The van der Waals surface area contributed by atoms with E-state index >= 15 is 0 Å². The predicted octanol–water partition coefficient (Wildman–Crippen LogP) is 2.27. The second-order valence-corrected chi connectivity index (χ2v) is 5.80. The molecule has 1 N–H and O–H groups in total. The molecular weight excluding hydrogens is 208 g/mol. The number of amidine groups is 1. The average Bonchev–Trinajstić information content (AvgIpc) is 2.10. The van der Waals surface area contributed by atoms with Crippen molar-refractivity contribution in [2.45, 2.75) is 45.8 Å². The molecule has 15 heavy (non-hydrogen) atoms. The summed E-state index contributed by atoms with van der Waals surface area (Å²) in [5.74, 6) is 1.16. The van der Waals surface area contributed by atoms with Crippen LogP contribution in [0.1, 0.15) is 34.1 Å². The topological polar surface area (TPSA) is 33.6 Å². The van der Waals surface area contributed by atoms with E-state index in [0.717, 1.165) is 17.5 Å². The largest absolute Gasteiger partial charge is 0.377 e. The van der Waals surface area contributed by atoms with Gasteiger partial charge in [0.2, 0.25) is 0 Å². The van der Waals surface area contributed by atoms with Crippen LogP contribution in [-0.4, -0.2) is 35.7 Å². The Morgan fingerprint density at radius 1 is 1.53 bits per heavy atom. The van der Waals surface area contributed by atoms with E-state index in [4.69, 9.17) is 4.74 Å². The van der Waals surface area contributed by atoms with Gasteiger partial charge in [-0.3, -0.25) is 4.99 Å². The number of hydrogen-bond donors (Lipinski definition) is 1. The minimum absolute atomic E-state index is 0.197. The molecule has 1 aliphatic rings. The highest BCUT2D eigenvalue weighted by molar-refractivity contribution is 8.13. The van der Waals surface area contributed by atoms with Gasteiger partial charge in [0.05, 0.1) is 19.3 Å². The van der Waals surface area contributed by atoms with Crippen LogP contribution in [0.3, 0.4) is 0 Å². The fourth-order valence-corrected chi connectivity index (χ4v) is 2.65. The number of nitrogens with zero attached hydrogens (tertiary/aromatic N) is 1. The second kappa shape index (κ2) is 5.75. The van der Waals surface area contributed by atoms with Gasteiger partial charge >= 0.3 is 0 Å². The maximum Gasteiger partial charge on any atom is 0.157 e. The minimum Gasteiger partial charge on any atom is -0.377 e. The summed E-state index contributed by atoms with van der Waals surface area (Å²) in [7, 11) is 0. The van der Waals surface area contributed by atoms with Gasteiger partial charge in [-0.05, 0) is 34.1 Å². The first kappa shape index (κ1) is 12.8. The van der Waals surface area contributed by atoms with Crippen molar-refractivity contribution in [2.24, 2.45) is 4.99 Å². The molecule has 0 unspecified atom stereocenters. The van der Waals surface area contributed by atoms with Gasteiger partial charge in [-0.2, -0.15) is 0 Å². The summed E-state index contributed by atoms with van der Waals surface area (Å²) in [6.07, 6.45) is 1.49. The minimum atomic E-state index is 0.197. The standard InChI is InChI=1S/C11H22N2OS/c1-9(2)14-7-6-12-10-13-11(3,4)5-8-15-10/h9H,5-8H2,1-4H3,(H,12,13). The van der Waals surface area contributed by atoms with E-state index in [1.54, 1.807) is 0 Å². The van der Waals surface area contributed by atoms with E-state index in [-0.39, 0.29) is 5.54 Å². The molecule has 0 aliphatic carbocycles. The molecule has 88 valence electrons. The monoisotopic (exact) mass is 230 g/mol. The molecule has 0 spiro atoms. The fourth-order valence-electron chi connectivity index (χ4n) is 1.31. The van der Waals surface area contributed by atoms with E-state index in [2.05, 4.69) is 24.2 Å². The molecule has 0 radical (unpaired) electrons. The van der Waals surface area contributed by atoms with Crippen LogP contribution in [0.25, 0.3) is 0 Å². The molecule has 0 aromatic carbocycles. The quantitative estimate of drug-likeness (QED) is 0.752. The van der Waals surface area contributed by atoms with Crippen molar-refractivity contribution < 1.29 is 4.74 Å². The van der Waals surface area contributed by atoms with Gasteiger partial charge in [0.1, 0.15) is 0 Å². The van der Waals surface area contributed by atoms with Gasteiger partial charge in [-0.1, -0.05) is 11.8 Å². The highest BCUT2D eigenvalue weighted by Crippen LogP contribution is 2.21. The van der Waals surface area contributed by atoms with Gasteiger partial charge in [-0.15, -0.1) is 0 Å². The van der Waals surface area contributed by atoms with Crippen molar-refractivity contribution in [3.63, 3.8) is 0 Å². The van der Waals surface area contributed by atoms with Crippen LogP contribution in [0.15, 0.2) is 4.99 Å². The SMILES string of the molecule is CC(C)OCCN=C1NC(C)(C)CCS1. The van der Waals surface area contributed by atoms with Crippen LogP contribution in [0, 0.1) is 0 Å². The smallest absolute Gasteiger partial charge is 0.157 e. The van der Waals surface area contributed by atoms with Crippen molar-refractivity contribution in [1.82, 2.24) is 5.32 Å². The number of thioether (sulfide) groups is 1. The van der Waals surface area contributed by atoms with E-state index in [9.17, 15) is 0 Å². The molecule has 0 aromatic heterocycles. The van der Waals surface area contributed by atoms with Gasteiger partial charge in [0.25, 0.3) is 0 Å². The molecule has 4 heteroatoms. The summed E-state index contributed by atoms with van der Waals surface area (Å²) in [5.41, 5.74) is 0.197. The van der Waals surface area contributed by atoms with E-state index < -0.39 is 0 Å². The van der Waals surface area contributed by atoms with E-state index in [1.165, 1.54) is 6.42 Å². The van der Waals surface area contributed by atoms with Gasteiger partial charge in [0, 0.05) is 11.3 Å². The summed E-state index contributed by atoms with van der Waals surface area (Å²) in [6.45, 7) is 9.99. The van der Waals surface area contributed by atoms with Crippen LogP contribution < -0.4 is 5.32 Å². The van der Waals surface area contributed by atoms with Crippen molar-refractivity contribution >= 4 is 16.9 Å². The first-order chi connectivity index (χ1) is 6.99. The zero-order valence-electron chi connectivity index (χ0n) is 10.2. The Morgan fingerprint density at radius 2 is 2.27 bits per heavy atom. The van der Waals surface area contributed by atoms with Crippen LogP contribution in [-0.2, 0) is 4.74 Å². The lowest BCUT2D eigenvalue weighted by Crippen LogP contribution is -2.46. The first-order valence-corrected chi connectivity index (χ1v) is 6.55. The molecule has 0 aromatic rings. The Labute approximate surface area is 97.1 Å². The number of rotatable bonds is 4. The molecule has 0 saturated carbocycles. The summed E-state index contributed by atoms with van der Waals surface area (Å²) in [6, 6.07) is 0. The molecule has 1 aliphatic heterocycles. The van der Waals surface area contributed by atoms with Crippen molar-refractivity contribution in [3.8, 4) is 0 Å². The van der Waals surface area contributed by atoms with Gasteiger partial charge in [0.15, 0.2) is 5.17 Å². The molecule has 0 bridgehead atoms. The highest BCUT2D eigenvalue weighted by atomic mass is 32.2. The Morgan fingerprint density at radius 3 is 2.87 bits per heavy atom. The third kappa shape index (κ3) is 5.42. The molecule has 3 nitrogen and oxygen atoms in total. The zero-order valence-corrected chi connectivity index (χ0v) is 11.0. The number of aliphatic imine (C=N–C) groups is 1. The lowest BCUT2D eigenvalue weighted by atomic mass is 10.0. The molecule has 1 heterocycles. The average molecular weight is 230 g/mol. The van der Waals surface area contributed by atoms with E-state index in [1.807, 2.05) is 25.6 Å². The van der Waals surface area contributed by atoms with Crippen molar-refractivity contribution in [2.75, 3.05) is 18.9 Å². The van der Waals surface area contributed by atoms with Gasteiger partial charge < -0.3 is 10.1 Å². The molecular formula is C11H22N2OS. The van der Waals surface area contributed by atoms with Crippen molar-refractivity contribution in [1.29, 1.82) is 0 Å². The lowest BCUT2D eigenvalue weighted by molar-refractivity contribution is 0.0853. The van der Waals surface area contributed by atoms with Gasteiger partial charge in [-0.25, -0.2) is 0 Å². The molecule has 0 atom stereocenters. The molecule has 1 rings (SSSR count). The Hall–Kier alpha value is -0.220. The summed E-state index contributed by atoms with van der Waals surface area (Å²) in [4.78, 5) is 4.49. The maximum absolute atomic E-state index is 5.44. The van der Waals surface area contributed by atoms with Crippen LogP contribution in [0.5, 0.6) is 0 Å². The Bertz CT molecular complexity index is 227. The number of nitrogens with one attached hydrogen (secondary N) is 1. The second-order valence-electron chi connectivity index (χ2n) is 4.71. The first-order valence-electron chi connectivity index (χ1n) is 5.57. The number of hydrogen-bond acceptors (Lipinski definition) is 3. The third-order valence-corrected chi connectivity index (χ3v) is 3.12. The number of ether oxygens (including phenoxy) is 1. The third-order valence-electron chi connectivity index (χ3n) is 2.21. The van der Waals surface area contributed by atoms with Crippen LogP contribution in [0.2, 0.25) is 0 Å². The molecule has 0 amide bonds. The Balaban J connectivity index is 2.27. The maximum atomic E-state index is 5.44. The Kier molecular flexibility index (Phi) is 4.93. The summed E-state index contributed by atoms with van der Waals surface area (Å²) >= 11 is 1.81. The fraction of sp³-hybridized carbons (Fsp3) is 0.909. The lowest BCUT2D eigenvalue weighted by Gasteiger charge is -2.32. The van der Waals surface area contributed by atoms with Crippen LogP contribution >= 0.6 is 11.8 Å². The predicted molar refractivity (Wildman–Crippen MR) is 67.7 cm³/mol. The molecule has 1 fully saturated rings. The molecule has 1 saturated heterocycles. The van der Waals surface area contributed by atoms with Crippen molar-refractivity contribution in [3.05, 3.63) is 0 Å².